The predicted octanol–water partition coefficient (Wildman–Crippen LogP) is 3.75. The van der Waals surface area contributed by atoms with Crippen molar-refractivity contribution in [2.75, 3.05) is 6.54 Å². The number of rotatable bonds is 8. The molecule has 0 spiro atoms. The molecule has 148 valence electrons. The Kier molecular flexibility index (Phi) is 7.24. The molecule has 0 bridgehead atoms. The van der Waals surface area contributed by atoms with Crippen LogP contribution in [0.15, 0.2) is 60.7 Å². The zero-order valence-electron chi connectivity index (χ0n) is 16.6. The third-order valence-corrected chi connectivity index (χ3v) is 5.55. The third kappa shape index (κ3) is 5.69. The van der Waals surface area contributed by atoms with Crippen LogP contribution < -0.4 is 5.32 Å². The smallest absolute Gasteiger partial charge is 0.242 e. The number of nitrogens with one attached hydrogen (secondary N) is 1. The van der Waals surface area contributed by atoms with Crippen molar-refractivity contribution in [1.82, 2.24) is 10.2 Å². The van der Waals surface area contributed by atoms with Crippen LogP contribution in [0.3, 0.4) is 0 Å². The average Bonchev–Trinajstić information content (AvgIpc) is 3.22. The van der Waals surface area contributed by atoms with Crippen molar-refractivity contribution in [3.63, 3.8) is 0 Å². The normalized spacial score (nSPS) is 15.2. The maximum Gasteiger partial charge on any atom is 0.242 e. The van der Waals surface area contributed by atoms with Gasteiger partial charge in [0.2, 0.25) is 11.8 Å². The predicted molar refractivity (Wildman–Crippen MR) is 112 cm³/mol. The molecular weight excluding hydrogens is 348 g/mol. The lowest BCUT2D eigenvalue weighted by atomic mass is 10.1. The monoisotopic (exact) mass is 378 g/mol. The van der Waals surface area contributed by atoms with E-state index in [9.17, 15) is 9.59 Å². The molecule has 1 aliphatic rings. The number of carbonyl (C=O) groups is 2. The Morgan fingerprint density at radius 3 is 2.14 bits per heavy atom. The van der Waals surface area contributed by atoms with Gasteiger partial charge in [-0.2, -0.15) is 0 Å². The number of benzene rings is 2. The van der Waals surface area contributed by atoms with Gasteiger partial charge in [-0.1, -0.05) is 73.5 Å². The molecule has 3 rings (SSSR count). The highest BCUT2D eigenvalue weighted by Crippen LogP contribution is 2.18. The molecule has 0 heterocycles. The number of hydrogen-bond donors (Lipinski definition) is 1. The largest absolute Gasteiger partial charge is 0.352 e. The van der Waals surface area contributed by atoms with Crippen LogP contribution in [-0.2, 0) is 22.4 Å². The van der Waals surface area contributed by atoms with Crippen molar-refractivity contribution >= 4 is 11.8 Å². The van der Waals surface area contributed by atoms with Gasteiger partial charge < -0.3 is 10.2 Å². The van der Waals surface area contributed by atoms with Crippen LogP contribution in [0.25, 0.3) is 0 Å². The Labute approximate surface area is 167 Å². The third-order valence-electron chi connectivity index (χ3n) is 5.55. The first-order chi connectivity index (χ1) is 13.6. The molecule has 28 heavy (non-hydrogen) atoms. The lowest BCUT2D eigenvalue weighted by Crippen LogP contribution is -2.51. The highest BCUT2D eigenvalue weighted by Gasteiger charge is 2.28. The first-order valence-electron chi connectivity index (χ1n) is 10.3. The van der Waals surface area contributed by atoms with E-state index < -0.39 is 6.04 Å². The van der Waals surface area contributed by atoms with Crippen molar-refractivity contribution in [3.8, 4) is 0 Å². The molecule has 0 radical (unpaired) electrons. The zero-order chi connectivity index (χ0) is 19.8. The average molecular weight is 379 g/mol. The number of carbonyl (C=O) groups excluding carboxylic acids is 2. The van der Waals surface area contributed by atoms with Crippen molar-refractivity contribution in [2.24, 2.45) is 0 Å². The summed E-state index contributed by atoms with van der Waals surface area (Å²) >= 11 is 0. The molecule has 2 aromatic carbocycles. The van der Waals surface area contributed by atoms with Gasteiger partial charge in [-0.3, -0.25) is 9.59 Å². The summed E-state index contributed by atoms with van der Waals surface area (Å²) in [6, 6.07) is 19.6. The summed E-state index contributed by atoms with van der Waals surface area (Å²) in [6.45, 7) is 2.38. The summed E-state index contributed by atoms with van der Waals surface area (Å²) in [5.41, 5.74) is 2.14. The molecule has 0 aliphatic heterocycles. The van der Waals surface area contributed by atoms with Gasteiger partial charge in [-0.25, -0.2) is 0 Å². The van der Waals surface area contributed by atoms with Crippen LogP contribution in [0.5, 0.6) is 0 Å². The summed E-state index contributed by atoms with van der Waals surface area (Å²) < 4.78 is 0. The second-order valence-electron chi connectivity index (χ2n) is 7.65. The first kappa shape index (κ1) is 20.1. The van der Waals surface area contributed by atoms with Crippen molar-refractivity contribution in [3.05, 3.63) is 71.8 Å². The molecule has 4 nitrogen and oxygen atoms in total. The van der Waals surface area contributed by atoms with Crippen LogP contribution in [0.1, 0.15) is 43.7 Å². The lowest BCUT2D eigenvalue weighted by Gasteiger charge is -2.30. The number of amides is 2. The van der Waals surface area contributed by atoms with Gasteiger partial charge in [-0.05, 0) is 37.3 Å². The molecule has 1 fully saturated rings. The van der Waals surface area contributed by atoms with Crippen LogP contribution in [-0.4, -0.2) is 35.3 Å². The summed E-state index contributed by atoms with van der Waals surface area (Å²) in [5.74, 6) is -0.0439. The molecule has 2 amide bonds. The Bertz CT molecular complexity index is 755. The topological polar surface area (TPSA) is 49.4 Å². The van der Waals surface area contributed by atoms with Gasteiger partial charge in [0.1, 0.15) is 6.04 Å². The molecule has 1 aliphatic carbocycles. The molecule has 1 atom stereocenters. The maximum atomic E-state index is 13.1. The summed E-state index contributed by atoms with van der Waals surface area (Å²) in [7, 11) is 0. The van der Waals surface area contributed by atoms with E-state index in [0.29, 0.717) is 13.0 Å². The van der Waals surface area contributed by atoms with Gasteiger partial charge in [-0.15, -0.1) is 0 Å². The molecule has 0 saturated heterocycles. The first-order valence-corrected chi connectivity index (χ1v) is 10.3. The number of nitrogens with zero attached hydrogens (tertiary/aromatic N) is 1. The Morgan fingerprint density at radius 1 is 0.964 bits per heavy atom. The fourth-order valence-corrected chi connectivity index (χ4v) is 3.83. The molecule has 0 unspecified atom stereocenters. The van der Waals surface area contributed by atoms with E-state index in [1.165, 1.54) is 18.4 Å². The van der Waals surface area contributed by atoms with E-state index >= 15 is 0 Å². The molecule has 0 aromatic heterocycles. The summed E-state index contributed by atoms with van der Waals surface area (Å²) in [6.07, 6.45) is 5.48. The van der Waals surface area contributed by atoms with E-state index in [-0.39, 0.29) is 17.9 Å². The highest BCUT2D eigenvalue weighted by atomic mass is 16.2. The van der Waals surface area contributed by atoms with Crippen molar-refractivity contribution in [1.29, 1.82) is 0 Å². The zero-order valence-corrected chi connectivity index (χ0v) is 16.6. The Balaban J connectivity index is 1.68. The minimum Gasteiger partial charge on any atom is -0.352 e. The van der Waals surface area contributed by atoms with Crippen LogP contribution >= 0.6 is 0 Å². The van der Waals surface area contributed by atoms with Crippen LogP contribution in [0.4, 0.5) is 0 Å². The molecule has 4 heteroatoms. The second-order valence-corrected chi connectivity index (χ2v) is 7.65. The van der Waals surface area contributed by atoms with E-state index in [2.05, 4.69) is 17.4 Å². The van der Waals surface area contributed by atoms with E-state index in [1.807, 2.05) is 55.5 Å². The van der Waals surface area contributed by atoms with E-state index in [0.717, 1.165) is 24.8 Å². The van der Waals surface area contributed by atoms with Gasteiger partial charge in [0, 0.05) is 12.6 Å². The molecular formula is C24H30N2O2. The summed E-state index contributed by atoms with van der Waals surface area (Å²) in [5, 5.41) is 3.14. The van der Waals surface area contributed by atoms with Crippen molar-refractivity contribution < 1.29 is 9.59 Å². The molecule has 1 N–H and O–H groups in total. The lowest BCUT2D eigenvalue weighted by molar-refractivity contribution is -0.139. The molecule has 2 aromatic rings. The Morgan fingerprint density at radius 2 is 1.54 bits per heavy atom. The van der Waals surface area contributed by atoms with Crippen LogP contribution in [0.2, 0.25) is 0 Å². The SMILES string of the molecule is C[C@@H](C(=O)NC1CCCC1)N(CCc1ccccc1)C(=O)Cc1ccccc1. The fourth-order valence-electron chi connectivity index (χ4n) is 3.83. The standard InChI is InChI=1S/C24H30N2O2/c1-19(24(28)25-22-14-8-9-15-22)26(17-16-20-10-4-2-5-11-20)23(27)18-21-12-6-3-7-13-21/h2-7,10-13,19,22H,8-9,14-18H2,1H3,(H,25,28)/t19-/m0/s1. The van der Waals surface area contributed by atoms with Gasteiger partial charge in [0.05, 0.1) is 6.42 Å². The van der Waals surface area contributed by atoms with E-state index in [1.54, 1.807) is 4.90 Å². The second kappa shape index (κ2) is 10.1. The van der Waals surface area contributed by atoms with Gasteiger partial charge in [0.25, 0.3) is 0 Å². The quantitative estimate of drug-likeness (QED) is 0.761. The van der Waals surface area contributed by atoms with Gasteiger partial charge >= 0.3 is 0 Å². The minimum absolute atomic E-state index is 0.00352. The van der Waals surface area contributed by atoms with Crippen LogP contribution in [0, 0.1) is 0 Å². The van der Waals surface area contributed by atoms with Crippen molar-refractivity contribution in [2.45, 2.75) is 57.5 Å². The van der Waals surface area contributed by atoms with E-state index in [4.69, 9.17) is 0 Å². The number of hydrogen-bond acceptors (Lipinski definition) is 2. The van der Waals surface area contributed by atoms with Gasteiger partial charge in [0.15, 0.2) is 0 Å². The summed E-state index contributed by atoms with van der Waals surface area (Å²) in [4.78, 5) is 27.6. The fraction of sp³-hybridized carbons (Fsp3) is 0.417. The maximum absolute atomic E-state index is 13.1. The molecule has 1 saturated carbocycles. The minimum atomic E-state index is -0.472. The Hall–Kier alpha value is -2.62. The highest BCUT2D eigenvalue weighted by molar-refractivity contribution is 5.88.